The highest BCUT2D eigenvalue weighted by Crippen LogP contribution is 2.42. The molecule has 3 N–H and O–H groups in total. The van der Waals surface area contributed by atoms with Crippen molar-refractivity contribution in [2.24, 2.45) is 5.41 Å². The van der Waals surface area contributed by atoms with Crippen LogP contribution in [-0.4, -0.2) is 94.7 Å². The zero-order valence-electron chi connectivity index (χ0n) is 36.6. The van der Waals surface area contributed by atoms with Gasteiger partial charge in [0.25, 0.3) is 12.4 Å². The molecule has 320 valence electrons. The molecule has 0 saturated carbocycles. The maximum atomic E-state index is 13.9. The van der Waals surface area contributed by atoms with Crippen molar-refractivity contribution in [2.45, 2.75) is 112 Å². The van der Waals surface area contributed by atoms with Crippen LogP contribution in [0.5, 0.6) is 5.75 Å². The van der Waals surface area contributed by atoms with E-state index >= 15 is 0 Å². The lowest BCUT2D eigenvalue weighted by Gasteiger charge is -2.35. The molecule has 2 aromatic carbocycles. The van der Waals surface area contributed by atoms with Crippen LogP contribution in [0.15, 0.2) is 54.7 Å². The van der Waals surface area contributed by atoms with Crippen molar-refractivity contribution in [3.05, 3.63) is 71.5 Å². The molecule has 0 radical (unpaired) electrons. The number of phenolic OH excluding ortho intramolecular Hbond substituents is 1. The minimum atomic E-state index is -0.954. The Morgan fingerprint density at radius 1 is 1.12 bits per heavy atom. The van der Waals surface area contributed by atoms with Gasteiger partial charge in [0.2, 0.25) is 11.8 Å². The molecule has 13 nitrogen and oxygen atoms in total. The highest BCUT2D eigenvalue weighted by molar-refractivity contribution is 5.95. The number of fused-ring (bicyclic) bond motifs is 1. The minimum Gasteiger partial charge on any atom is -0.508 e. The van der Waals surface area contributed by atoms with Crippen LogP contribution in [0.3, 0.4) is 0 Å². The van der Waals surface area contributed by atoms with E-state index in [1.807, 2.05) is 32.0 Å². The van der Waals surface area contributed by atoms with E-state index in [0.29, 0.717) is 31.5 Å². The summed E-state index contributed by atoms with van der Waals surface area (Å²) in [5.74, 6) is -1.00. The van der Waals surface area contributed by atoms with Crippen LogP contribution in [-0.2, 0) is 48.0 Å². The van der Waals surface area contributed by atoms with Gasteiger partial charge < -0.3 is 29.4 Å². The molecule has 1 saturated heterocycles. The number of hydrazine groups is 1. The molecule has 0 aliphatic carbocycles. The smallest absolute Gasteiger partial charge is 0.293 e. The third-order valence-electron chi connectivity index (χ3n) is 10.5. The molecule has 1 aliphatic heterocycles. The molecule has 2 unspecified atom stereocenters. The number of nitrogens with one attached hydrogen (secondary N) is 2. The van der Waals surface area contributed by atoms with E-state index in [-0.39, 0.29) is 49.3 Å². The van der Waals surface area contributed by atoms with Crippen LogP contribution in [0.25, 0.3) is 33.3 Å². The molecule has 1 fully saturated rings. The van der Waals surface area contributed by atoms with Crippen LogP contribution < -0.4 is 10.7 Å². The summed E-state index contributed by atoms with van der Waals surface area (Å²) >= 11 is 0. The Balaban J connectivity index is 0.00000248. The Hall–Kier alpha value is -5.27. The van der Waals surface area contributed by atoms with E-state index in [1.165, 1.54) is 25.3 Å². The van der Waals surface area contributed by atoms with Crippen molar-refractivity contribution in [1.82, 2.24) is 30.2 Å². The maximum absolute atomic E-state index is 13.9. The number of nitrogens with zero attached hydrogens (tertiary/aromatic N) is 4. The number of carbonyl (C=O) groups is 4. The lowest BCUT2D eigenvalue weighted by molar-refractivity contribution is -0.141. The number of amides is 3. The summed E-state index contributed by atoms with van der Waals surface area (Å²) in [5, 5.41) is 16.5. The monoisotopic (exact) mass is 812 g/mol. The zero-order valence-corrected chi connectivity index (χ0v) is 36.6. The van der Waals surface area contributed by atoms with E-state index in [2.05, 4.69) is 68.1 Å². The van der Waals surface area contributed by atoms with Gasteiger partial charge >= 0.3 is 0 Å². The summed E-state index contributed by atoms with van der Waals surface area (Å²) in [7, 11) is 3.20. The molecule has 3 amide bonds. The summed E-state index contributed by atoms with van der Waals surface area (Å²) in [6, 6.07) is 14.6. The number of methoxy groups -OCH3 is 1. The first kappa shape index (κ1) is 46.4. The lowest BCUT2D eigenvalue weighted by Crippen LogP contribution is -2.58. The summed E-state index contributed by atoms with van der Waals surface area (Å²) < 4.78 is 13.3. The van der Waals surface area contributed by atoms with Crippen molar-refractivity contribution in [3.8, 4) is 28.1 Å². The highest BCUT2D eigenvalue weighted by Gasteiger charge is 2.31. The van der Waals surface area contributed by atoms with Crippen LogP contribution in [0, 0.1) is 5.41 Å². The standard InChI is InChI=1S/C43H56N6O7.C3H8/c1-9-48-38-15-14-31(22-35(38)36(23-43(5,6)25-56-26-50)41(48)34-13-10-16-44-40(34)28(3)55-8)32-18-30(19-33(52)21-32)20-37(45-39(53)24-47(7)29(4)51)42(54)49-17-11-12-27(2)46-49;1-3-2/h10,13-16,18-19,21-22,26-28,37,46,52H,9,11-12,17,20,23-25H2,1-8H3,(H,45,53);3H2,1-2H3/t27-,28?,37?;/m1./s1. The summed E-state index contributed by atoms with van der Waals surface area (Å²) in [4.78, 5) is 56.2. The summed E-state index contributed by atoms with van der Waals surface area (Å²) in [5.41, 5.74) is 9.89. The molecule has 0 spiro atoms. The summed E-state index contributed by atoms with van der Waals surface area (Å²) in [6.45, 7) is 17.5. The molecular formula is C46H64N6O7. The van der Waals surface area contributed by atoms with E-state index in [0.717, 1.165) is 57.4 Å². The van der Waals surface area contributed by atoms with Gasteiger partial charge in [0.05, 0.1) is 30.6 Å². The molecule has 13 heteroatoms. The summed E-state index contributed by atoms with van der Waals surface area (Å²) in [6.07, 6.45) is 5.19. The Morgan fingerprint density at radius 2 is 1.85 bits per heavy atom. The first-order valence-electron chi connectivity index (χ1n) is 20.7. The second-order valence-corrected chi connectivity index (χ2v) is 16.3. The quantitative estimate of drug-likeness (QED) is 0.102. The van der Waals surface area contributed by atoms with Crippen molar-refractivity contribution in [3.63, 3.8) is 0 Å². The van der Waals surface area contributed by atoms with Crippen LogP contribution >= 0.6 is 0 Å². The Kier molecular flexibility index (Phi) is 16.6. The SMILES string of the molecule is CCC.CCn1c(-c2cccnc2C(C)OC)c(CC(C)(C)COC=O)c2cc(-c3cc(O)cc(CC(NC(=O)CN(C)C(C)=O)C(=O)N4CCC[C@@H](C)N4)c3)ccc21. The van der Waals surface area contributed by atoms with Gasteiger partial charge in [-0.2, -0.15) is 0 Å². The number of pyridine rings is 1. The number of carbonyl (C=O) groups excluding carboxylic acids is 4. The zero-order chi connectivity index (χ0) is 43.4. The fraction of sp³-hybridized carbons (Fsp3) is 0.500. The maximum Gasteiger partial charge on any atom is 0.293 e. The van der Waals surface area contributed by atoms with E-state index in [1.54, 1.807) is 30.4 Å². The Bertz CT molecular complexity index is 2080. The van der Waals surface area contributed by atoms with Crippen molar-refractivity contribution >= 4 is 35.1 Å². The number of benzene rings is 2. The Morgan fingerprint density at radius 3 is 2.49 bits per heavy atom. The van der Waals surface area contributed by atoms with Gasteiger partial charge in [-0.05, 0) is 98.7 Å². The fourth-order valence-electron chi connectivity index (χ4n) is 7.54. The van der Waals surface area contributed by atoms with Crippen LogP contribution in [0.4, 0.5) is 0 Å². The van der Waals surface area contributed by atoms with Crippen molar-refractivity contribution < 1.29 is 33.8 Å². The van der Waals surface area contributed by atoms with Crippen molar-refractivity contribution in [2.75, 3.05) is 33.9 Å². The highest BCUT2D eigenvalue weighted by atomic mass is 16.5. The van der Waals surface area contributed by atoms with Gasteiger partial charge in [-0.25, -0.2) is 5.43 Å². The topological polar surface area (TPSA) is 155 Å². The molecule has 3 atom stereocenters. The number of ether oxygens (including phenoxy) is 2. The first-order valence-corrected chi connectivity index (χ1v) is 20.7. The van der Waals surface area contributed by atoms with E-state index in [9.17, 15) is 24.3 Å². The van der Waals surface area contributed by atoms with E-state index in [4.69, 9.17) is 14.5 Å². The average molecular weight is 813 g/mol. The molecule has 5 rings (SSSR count). The number of aromatic nitrogens is 2. The third-order valence-corrected chi connectivity index (χ3v) is 10.5. The van der Waals surface area contributed by atoms with Gasteiger partial charge in [-0.3, -0.25) is 29.2 Å². The molecule has 4 aromatic rings. The number of aryl methyl sites for hydroxylation is 1. The van der Waals surface area contributed by atoms with Crippen LogP contribution in [0.2, 0.25) is 0 Å². The number of hydrogen-bond acceptors (Lipinski definition) is 9. The minimum absolute atomic E-state index is 0.0175. The molecule has 0 bridgehead atoms. The molecular weight excluding hydrogens is 749 g/mol. The second kappa shape index (κ2) is 21.1. The molecule has 2 aromatic heterocycles. The largest absolute Gasteiger partial charge is 0.508 e. The van der Waals surface area contributed by atoms with E-state index < -0.39 is 17.4 Å². The van der Waals surface area contributed by atoms with Crippen molar-refractivity contribution in [1.29, 1.82) is 0 Å². The molecule has 1 aliphatic rings. The average Bonchev–Trinajstić information content (AvgIpc) is 3.50. The van der Waals surface area contributed by atoms with Gasteiger partial charge in [-0.1, -0.05) is 46.2 Å². The van der Waals surface area contributed by atoms with Gasteiger partial charge in [0, 0.05) is 74.7 Å². The fourth-order valence-corrected chi connectivity index (χ4v) is 7.54. The lowest BCUT2D eigenvalue weighted by atomic mass is 9.84. The normalized spacial score (nSPS) is 15.2. The van der Waals surface area contributed by atoms with Crippen LogP contribution in [0.1, 0.15) is 97.6 Å². The predicted octanol–water partition coefficient (Wildman–Crippen LogP) is 6.98. The number of phenols is 1. The number of rotatable bonds is 16. The number of hydrogen-bond donors (Lipinski definition) is 3. The van der Waals surface area contributed by atoms with Gasteiger partial charge in [0.15, 0.2) is 0 Å². The number of likely N-dealkylation sites (N-methyl/N-ethyl adjacent to an activating group) is 1. The second-order valence-electron chi connectivity index (χ2n) is 16.3. The third kappa shape index (κ3) is 11.9. The molecule has 3 heterocycles. The first-order chi connectivity index (χ1) is 28.1. The number of aromatic hydroxyl groups is 1. The van der Waals surface area contributed by atoms with Gasteiger partial charge in [-0.15, -0.1) is 0 Å². The Labute approximate surface area is 349 Å². The molecule has 59 heavy (non-hydrogen) atoms. The predicted molar refractivity (Wildman–Crippen MR) is 231 cm³/mol. The van der Waals surface area contributed by atoms with Gasteiger partial charge in [0.1, 0.15) is 11.8 Å².